The third-order valence-electron chi connectivity index (χ3n) is 3.61. The van der Waals surface area contributed by atoms with Gasteiger partial charge in [-0.15, -0.1) is 0 Å². The molecular formula is C14H22BrN3O. The fraction of sp³-hybridized carbons (Fsp3) is 0.571. The molecule has 0 aliphatic carbocycles. The van der Waals surface area contributed by atoms with Gasteiger partial charge in [0.15, 0.2) is 0 Å². The Morgan fingerprint density at radius 2 is 2.16 bits per heavy atom. The minimum atomic E-state index is -0.255. The number of hydrogen-bond acceptors (Lipinski definition) is 4. The summed E-state index contributed by atoms with van der Waals surface area (Å²) in [7, 11) is 4.12. The van der Waals surface area contributed by atoms with E-state index >= 15 is 0 Å². The Morgan fingerprint density at radius 1 is 1.47 bits per heavy atom. The molecule has 2 atom stereocenters. The average Bonchev–Trinajstić information content (AvgIpc) is 2.63. The molecule has 1 aliphatic heterocycles. The molecule has 1 heterocycles. The number of benzene rings is 1. The van der Waals surface area contributed by atoms with Gasteiger partial charge in [0, 0.05) is 29.3 Å². The van der Waals surface area contributed by atoms with Crippen molar-refractivity contribution in [2.45, 2.75) is 25.5 Å². The Morgan fingerprint density at radius 3 is 2.79 bits per heavy atom. The molecule has 1 aromatic carbocycles. The van der Waals surface area contributed by atoms with Gasteiger partial charge in [-0.2, -0.15) is 0 Å². The van der Waals surface area contributed by atoms with Gasteiger partial charge in [-0.05, 0) is 61.1 Å². The summed E-state index contributed by atoms with van der Waals surface area (Å²) in [5.74, 6) is 0. The van der Waals surface area contributed by atoms with Crippen molar-refractivity contribution >= 4 is 27.3 Å². The van der Waals surface area contributed by atoms with Crippen LogP contribution >= 0.6 is 15.9 Å². The second kappa shape index (κ2) is 5.69. The zero-order valence-corrected chi connectivity index (χ0v) is 13.3. The van der Waals surface area contributed by atoms with Crippen molar-refractivity contribution in [3.63, 3.8) is 0 Å². The topological polar surface area (TPSA) is 52.7 Å². The monoisotopic (exact) mass is 327 g/mol. The molecule has 1 aliphatic rings. The summed E-state index contributed by atoms with van der Waals surface area (Å²) < 4.78 is 0.994. The minimum Gasteiger partial charge on any atom is -0.398 e. The lowest BCUT2D eigenvalue weighted by Gasteiger charge is -2.30. The highest BCUT2D eigenvalue weighted by molar-refractivity contribution is 9.10. The number of aliphatic hydroxyl groups excluding tert-OH is 1. The molecule has 1 aromatic rings. The highest BCUT2D eigenvalue weighted by atomic mass is 79.9. The quantitative estimate of drug-likeness (QED) is 0.832. The molecule has 1 saturated heterocycles. The molecule has 0 bridgehead atoms. The first kappa shape index (κ1) is 14.6. The smallest absolute Gasteiger partial charge is 0.0735 e. The highest BCUT2D eigenvalue weighted by Gasteiger charge is 2.32. The summed E-state index contributed by atoms with van der Waals surface area (Å²) in [6, 6.07) is 4.38. The first-order valence-electron chi connectivity index (χ1n) is 6.53. The summed E-state index contributed by atoms with van der Waals surface area (Å²) in [4.78, 5) is 4.44. The van der Waals surface area contributed by atoms with Crippen LogP contribution in [0.3, 0.4) is 0 Å². The number of rotatable bonds is 3. The van der Waals surface area contributed by atoms with Crippen LogP contribution in [0.5, 0.6) is 0 Å². The molecule has 3 N–H and O–H groups in total. The van der Waals surface area contributed by atoms with Gasteiger partial charge in [0.2, 0.25) is 0 Å². The van der Waals surface area contributed by atoms with Crippen LogP contribution in [0.2, 0.25) is 0 Å². The van der Waals surface area contributed by atoms with Crippen molar-refractivity contribution in [3.8, 4) is 0 Å². The van der Waals surface area contributed by atoms with E-state index in [2.05, 4.69) is 45.9 Å². The van der Waals surface area contributed by atoms with Crippen LogP contribution in [-0.4, -0.2) is 49.3 Å². The SMILES string of the molecule is Cc1cc(N2CC(O)CC2CN(C)C)c(Br)cc1N. The number of nitrogens with zero attached hydrogens (tertiary/aromatic N) is 2. The minimum absolute atomic E-state index is 0.255. The first-order chi connectivity index (χ1) is 8.88. The average molecular weight is 328 g/mol. The van der Waals surface area contributed by atoms with Gasteiger partial charge in [-0.1, -0.05) is 0 Å². The highest BCUT2D eigenvalue weighted by Crippen LogP contribution is 2.35. The Bertz CT molecular complexity index is 464. The Hall–Kier alpha value is -0.780. The van der Waals surface area contributed by atoms with E-state index in [0.717, 1.165) is 34.4 Å². The molecule has 2 rings (SSSR count). The van der Waals surface area contributed by atoms with Crippen molar-refractivity contribution in [1.82, 2.24) is 4.90 Å². The number of β-amino-alcohol motifs (C(OH)–C–C–N with tert-alkyl or cyclic N) is 1. The maximum absolute atomic E-state index is 9.96. The summed E-state index contributed by atoms with van der Waals surface area (Å²) in [6.45, 7) is 3.63. The van der Waals surface area contributed by atoms with E-state index in [-0.39, 0.29) is 6.10 Å². The number of hydrogen-bond donors (Lipinski definition) is 2. The number of nitrogen functional groups attached to an aromatic ring is 1. The molecule has 0 radical (unpaired) electrons. The van der Waals surface area contributed by atoms with E-state index in [1.165, 1.54) is 0 Å². The maximum atomic E-state index is 9.96. The van der Waals surface area contributed by atoms with Gasteiger partial charge in [0.25, 0.3) is 0 Å². The van der Waals surface area contributed by atoms with Crippen molar-refractivity contribution in [3.05, 3.63) is 22.2 Å². The van der Waals surface area contributed by atoms with Gasteiger partial charge in [0.05, 0.1) is 11.8 Å². The third kappa shape index (κ3) is 3.22. The van der Waals surface area contributed by atoms with Gasteiger partial charge in [-0.25, -0.2) is 0 Å². The predicted molar refractivity (Wildman–Crippen MR) is 83.6 cm³/mol. The molecule has 4 nitrogen and oxygen atoms in total. The molecule has 2 unspecified atom stereocenters. The second-order valence-corrected chi connectivity index (χ2v) is 6.47. The fourth-order valence-electron chi connectivity index (χ4n) is 2.68. The first-order valence-corrected chi connectivity index (χ1v) is 7.33. The zero-order chi connectivity index (χ0) is 14.2. The molecule has 106 valence electrons. The normalized spacial score (nSPS) is 23.4. The molecule has 19 heavy (non-hydrogen) atoms. The third-order valence-corrected chi connectivity index (χ3v) is 4.25. The fourth-order valence-corrected chi connectivity index (χ4v) is 3.27. The van der Waals surface area contributed by atoms with Crippen LogP contribution < -0.4 is 10.6 Å². The molecule has 5 heteroatoms. The van der Waals surface area contributed by atoms with Crippen molar-refractivity contribution in [2.75, 3.05) is 37.8 Å². The summed E-state index contributed by atoms with van der Waals surface area (Å²) in [5.41, 5.74) is 8.91. The number of aryl methyl sites for hydroxylation is 1. The number of anilines is 2. The Labute approximate surface area is 123 Å². The van der Waals surface area contributed by atoms with Crippen LogP contribution in [0.1, 0.15) is 12.0 Å². The molecule has 0 saturated carbocycles. The van der Waals surface area contributed by atoms with Crippen LogP contribution in [0.15, 0.2) is 16.6 Å². The van der Waals surface area contributed by atoms with E-state index in [1.807, 2.05) is 13.0 Å². The van der Waals surface area contributed by atoms with Gasteiger partial charge in [0.1, 0.15) is 0 Å². The van der Waals surface area contributed by atoms with Gasteiger partial charge < -0.3 is 20.6 Å². The predicted octanol–water partition coefficient (Wildman–Crippen LogP) is 1.84. The number of halogens is 1. The van der Waals surface area contributed by atoms with E-state index < -0.39 is 0 Å². The van der Waals surface area contributed by atoms with Crippen LogP contribution in [-0.2, 0) is 0 Å². The molecule has 0 amide bonds. The van der Waals surface area contributed by atoms with E-state index in [1.54, 1.807) is 0 Å². The van der Waals surface area contributed by atoms with Crippen molar-refractivity contribution in [1.29, 1.82) is 0 Å². The molecule has 1 fully saturated rings. The van der Waals surface area contributed by atoms with E-state index in [0.29, 0.717) is 12.6 Å². The van der Waals surface area contributed by atoms with E-state index in [4.69, 9.17) is 5.73 Å². The lowest BCUT2D eigenvalue weighted by molar-refractivity contribution is 0.191. The number of likely N-dealkylation sites (N-methyl/N-ethyl adjacent to an activating group) is 1. The van der Waals surface area contributed by atoms with Crippen LogP contribution in [0.25, 0.3) is 0 Å². The molecular weight excluding hydrogens is 306 g/mol. The van der Waals surface area contributed by atoms with Gasteiger partial charge >= 0.3 is 0 Å². The Balaban J connectivity index is 2.31. The largest absolute Gasteiger partial charge is 0.398 e. The molecule has 0 spiro atoms. The lowest BCUT2D eigenvalue weighted by Crippen LogP contribution is -2.37. The van der Waals surface area contributed by atoms with Crippen molar-refractivity contribution in [2.24, 2.45) is 0 Å². The Kier molecular flexibility index (Phi) is 4.38. The van der Waals surface area contributed by atoms with Crippen LogP contribution in [0.4, 0.5) is 11.4 Å². The number of nitrogens with two attached hydrogens (primary N) is 1. The van der Waals surface area contributed by atoms with Gasteiger partial charge in [-0.3, -0.25) is 0 Å². The van der Waals surface area contributed by atoms with Crippen LogP contribution in [0, 0.1) is 6.92 Å². The standard InChI is InChI=1S/C14H22BrN3O/c1-9-4-14(12(15)6-13(9)16)18-8-11(19)5-10(18)7-17(2)3/h4,6,10-11,19H,5,7-8,16H2,1-3H3. The number of aliphatic hydroxyl groups is 1. The summed E-state index contributed by atoms with van der Waals surface area (Å²) in [6.07, 6.45) is 0.559. The second-order valence-electron chi connectivity index (χ2n) is 5.62. The molecule has 0 aromatic heterocycles. The zero-order valence-electron chi connectivity index (χ0n) is 11.7. The lowest BCUT2D eigenvalue weighted by atomic mass is 10.1. The van der Waals surface area contributed by atoms with E-state index in [9.17, 15) is 5.11 Å². The maximum Gasteiger partial charge on any atom is 0.0735 e. The summed E-state index contributed by atoms with van der Waals surface area (Å²) >= 11 is 3.59. The van der Waals surface area contributed by atoms with Crippen molar-refractivity contribution < 1.29 is 5.11 Å². The summed E-state index contributed by atoms with van der Waals surface area (Å²) in [5, 5.41) is 9.96.